The molecule has 2 aliphatic rings. The zero-order chi connectivity index (χ0) is 22.4. The molecule has 2 N–H and O–H groups in total. The molecule has 8 nitrogen and oxygen atoms in total. The van der Waals surface area contributed by atoms with Crippen molar-refractivity contribution < 1.29 is 28.7 Å². The first-order valence-electron chi connectivity index (χ1n) is 9.81. The van der Waals surface area contributed by atoms with E-state index in [9.17, 15) is 19.5 Å². The van der Waals surface area contributed by atoms with Crippen LogP contribution in [0.1, 0.15) is 61.8 Å². The molecular formula is C19H34N2O6SSi. The molecule has 2 heterocycles. The molecule has 2 rings (SSSR count). The van der Waals surface area contributed by atoms with Crippen molar-refractivity contribution in [3.8, 4) is 0 Å². The number of carboxylic acids is 1. The van der Waals surface area contributed by atoms with Crippen LogP contribution in [-0.2, 0) is 18.8 Å². The van der Waals surface area contributed by atoms with E-state index >= 15 is 0 Å². The largest absolute Gasteiger partial charge is 0.480 e. The minimum Gasteiger partial charge on any atom is -0.480 e. The van der Waals surface area contributed by atoms with Crippen LogP contribution in [0.5, 0.6) is 0 Å². The summed E-state index contributed by atoms with van der Waals surface area (Å²) in [6, 6.07) is -0.907. The SMILES string of the molecule is CC(C)(C)OC(=O)N[C@]1(C(C)(C)O[SiH2]C(C)(C)C)C[C@H]2SC[C@@H](C(=O)O)N2C1=O. The maximum atomic E-state index is 13.6. The lowest BCUT2D eigenvalue weighted by atomic mass is 9.80. The monoisotopic (exact) mass is 446 g/mol. The Morgan fingerprint density at radius 2 is 1.79 bits per heavy atom. The van der Waals surface area contributed by atoms with Crippen LogP contribution in [0, 0.1) is 0 Å². The van der Waals surface area contributed by atoms with Gasteiger partial charge in [0.15, 0.2) is 15.3 Å². The van der Waals surface area contributed by atoms with Gasteiger partial charge in [-0.05, 0) is 39.7 Å². The Bertz CT molecular complexity index is 687. The molecule has 0 aromatic rings. The molecule has 0 spiro atoms. The third-order valence-corrected chi connectivity index (χ3v) is 8.08. The summed E-state index contributed by atoms with van der Waals surface area (Å²) >= 11 is 1.42. The van der Waals surface area contributed by atoms with Crippen molar-refractivity contribution in [1.29, 1.82) is 0 Å². The van der Waals surface area contributed by atoms with E-state index in [4.69, 9.17) is 9.16 Å². The summed E-state index contributed by atoms with van der Waals surface area (Å²) in [7, 11) is -1.05. The average Bonchev–Trinajstić information content (AvgIpc) is 3.03. The Morgan fingerprint density at radius 1 is 1.21 bits per heavy atom. The van der Waals surface area contributed by atoms with Gasteiger partial charge < -0.3 is 24.5 Å². The molecular weight excluding hydrogens is 412 g/mol. The van der Waals surface area contributed by atoms with Gasteiger partial charge in [0.05, 0.1) is 11.0 Å². The molecule has 0 saturated carbocycles. The number of hydrogen-bond donors (Lipinski definition) is 2. The lowest BCUT2D eigenvalue weighted by molar-refractivity contribution is -0.151. The number of hydrogen-bond acceptors (Lipinski definition) is 6. The highest BCUT2D eigenvalue weighted by Gasteiger charge is 2.65. The van der Waals surface area contributed by atoms with E-state index in [1.807, 2.05) is 0 Å². The van der Waals surface area contributed by atoms with E-state index in [1.54, 1.807) is 34.6 Å². The minimum absolute atomic E-state index is 0.0134. The highest BCUT2D eigenvalue weighted by molar-refractivity contribution is 8.00. The number of carbonyl (C=O) groups is 3. The first-order chi connectivity index (χ1) is 13.0. The van der Waals surface area contributed by atoms with Crippen molar-refractivity contribution >= 4 is 39.5 Å². The van der Waals surface area contributed by atoms with Gasteiger partial charge >= 0.3 is 12.1 Å². The van der Waals surface area contributed by atoms with E-state index < -0.39 is 50.5 Å². The number of carboxylic acid groups (broad SMARTS) is 1. The second-order valence-corrected chi connectivity index (χ2v) is 14.4. The molecule has 0 unspecified atom stereocenters. The molecule has 10 heteroatoms. The molecule has 2 saturated heterocycles. The van der Waals surface area contributed by atoms with Crippen LogP contribution in [0.3, 0.4) is 0 Å². The number of aliphatic carboxylic acids is 1. The normalized spacial score (nSPS) is 28.1. The molecule has 0 bridgehead atoms. The predicted octanol–water partition coefficient (Wildman–Crippen LogP) is 2.11. The van der Waals surface area contributed by atoms with Crippen LogP contribution in [0.15, 0.2) is 0 Å². The average molecular weight is 447 g/mol. The Labute approximate surface area is 179 Å². The number of thioether (sulfide) groups is 1. The second-order valence-electron chi connectivity index (χ2n) is 10.5. The molecule has 0 aromatic heterocycles. The Hall–Kier alpha value is -1.26. The number of nitrogens with one attached hydrogen (secondary N) is 1. The number of nitrogens with zero attached hydrogens (tertiary/aromatic N) is 1. The van der Waals surface area contributed by atoms with Crippen LogP contribution in [0.2, 0.25) is 5.04 Å². The maximum Gasteiger partial charge on any atom is 0.408 e. The van der Waals surface area contributed by atoms with E-state index in [1.165, 1.54) is 16.7 Å². The number of amides is 2. The third-order valence-electron chi connectivity index (χ3n) is 5.07. The van der Waals surface area contributed by atoms with Gasteiger partial charge in [0.2, 0.25) is 0 Å². The number of alkyl carbamates (subject to hydrolysis) is 1. The fourth-order valence-electron chi connectivity index (χ4n) is 3.51. The van der Waals surface area contributed by atoms with Crippen molar-refractivity contribution in [1.82, 2.24) is 10.2 Å². The quantitative estimate of drug-likeness (QED) is 0.623. The van der Waals surface area contributed by atoms with Crippen LogP contribution >= 0.6 is 11.8 Å². The maximum absolute atomic E-state index is 13.6. The predicted molar refractivity (Wildman–Crippen MR) is 115 cm³/mol. The molecule has 2 fully saturated rings. The zero-order valence-corrected chi connectivity index (χ0v) is 20.9. The Morgan fingerprint density at radius 3 is 2.28 bits per heavy atom. The number of fused-ring (bicyclic) bond motifs is 1. The van der Waals surface area contributed by atoms with Crippen LogP contribution in [-0.4, -0.2) is 71.6 Å². The highest BCUT2D eigenvalue weighted by Crippen LogP contribution is 2.47. The fourth-order valence-corrected chi connectivity index (χ4v) is 6.03. The van der Waals surface area contributed by atoms with Gasteiger partial charge in [0.25, 0.3) is 5.91 Å². The van der Waals surface area contributed by atoms with Gasteiger partial charge in [-0.2, -0.15) is 0 Å². The Kier molecular flexibility index (Phi) is 6.43. The zero-order valence-electron chi connectivity index (χ0n) is 18.6. The molecule has 2 amide bonds. The summed E-state index contributed by atoms with van der Waals surface area (Å²) in [5.74, 6) is -1.12. The van der Waals surface area contributed by atoms with Crippen molar-refractivity contribution in [2.24, 2.45) is 0 Å². The fraction of sp³-hybridized carbons (Fsp3) is 0.842. The van der Waals surface area contributed by atoms with Gasteiger partial charge in [-0.1, -0.05) is 20.8 Å². The number of rotatable bonds is 5. The van der Waals surface area contributed by atoms with E-state index in [0.29, 0.717) is 5.75 Å². The summed E-state index contributed by atoms with van der Waals surface area (Å²) in [6.45, 7) is 15.1. The van der Waals surface area contributed by atoms with Crippen molar-refractivity contribution in [3.05, 3.63) is 0 Å². The van der Waals surface area contributed by atoms with E-state index in [0.717, 1.165) is 0 Å². The van der Waals surface area contributed by atoms with Crippen LogP contribution < -0.4 is 5.32 Å². The van der Waals surface area contributed by atoms with E-state index in [-0.39, 0.29) is 16.8 Å². The number of ether oxygens (including phenoxy) is 1. The highest BCUT2D eigenvalue weighted by atomic mass is 32.2. The van der Waals surface area contributed by atoms with Crippen molar-refractivity contribution in [3.63, 3.8) is 0 Å². The van der Waals surface area contributed by atoms with Gasteiger partial charge in [-0.25, -0.2) is 9.59 Å². The molecule has 0 aromatic carbocycles. The van der Waals surface area contributed by atoms with Gasteiger partial charge in [0, 0.05) is 12.2 Å². The van der Waals surface area contributed by atoms with Crippen molar-refractivity contribution in [2.75, 3.05) is 5.75 Å². The molecule has 0 aliphatic carbocycles. The van der Waals surface area contributed by atoms with Crippen molar-refractivity contribution in [2.45, 2.75) is 95.0 Å². The molecule has 166 valence electrons. The second kappa shape index (κ2) is 7.77. The topological polar surface area (TPSA) is 105 Å². The van der Waals surface area contributed by atoms with Crippen LogP contribution in [0.25, 0.3) is 0 Å². The smallest absolute Gasteiger partial charge is 0.408 e. The summed E-state index contributed by atoms with van der Waals surface area (Å²) in [4.78, 5) is 39.4. The van der Waals surface area contributed by atoms with Crippen LogP contribution in [0.4, 0.5) is 4.79 Å². The summed E-state index contributed by atoms with van der Waals surface area (Å²) < 4.78 is 11.7. The van der Waals surface area contributed by atoms with Gasteiger partial charge in [-0.3, -0.25) is 4.79 Å². The first-order valence-corrected chi connectivity index (χ1v) is 12.1. The molecule has 3 atom stereocenters. The third kappa shape index (κ3) is 5.08. The van der Waals surface area contributed by atoms with Gasteiger partial charge in [0.1, 0.15) is 11.6 Å². The first kappa shape index (κ1) is 24.0. The lowest BCUT2D eigenvalue weighted by Crippen LogP contribution is -2.68. The molecule has 2 aliphatic heterocycles. The summed E-state index contributed by atoms with van der Waals surface area (Å²) in [5, 5.41) is 12.0. The Balaban J connectivity index is 2.40. The summed E-state index contributed by atoms with van der Waals surface area (Å²) in [6.07, 6.45) is -0.441. The summed E-state index contributed by atoms with van der Waals surface area (Å²) in [5.41, 5.74) is -3.14. The van der Waals surface area contributed by atoms with E-state index in [2.05, 4.69) is 26.1 Å². The molecule has 29 heavy (non-hydrogen) atoms. The van der Waals surface area contributed by atoms with Gasteiger partial charge in [-0.15, -0.1) is 11.8 Å². The lowest BCUT2D eigenvalue weighted by Gasteiger charge is -2.44. The standard InChI is InChI=1S/C19H34N2O6SSi/c1-16(2,3)26-15(25)20-19(18(7,8)27-29-17(4,5)6)9-12-21(14(19)24)11(10-28-12)13(22)23/h11-12H,9-10,29H2,1-8H3,(H,20,25)(H,22,23)/t11-,12+,19+/m0/s1. The number of carbonyl (C=O) groups excluding carboxylic acids is 2. The minimum atomic E-state index is -1.39. The molecule has 0 radical (unpaired) electrons.